The Hall–Kier alpha value is -4.93. The molecular formula is C35H37FN6O4. The molecule has 7 rings (SSSR count). The summed E-state index contributed by atoms with van der Waals surface area (Å²) in [5.41, 5.74) is 2.58. The number of nitrogens with one attached hydrogen (secondary N) is 1. The maximum atomic E-state index is 15.7. The third-order valence-electron chi connectivity index (χ3n) is 8.72. The van der Waals surface area contributed by atoms with Crippen molar-refractivity contribution in [3.8, 4) is 17.2 Å². The number of hydrogen-bond donors (Lipinski definition) is 1. The molecule has 238 valence electrons. The number of amides is 1. The highest BCUT2D eigenvalue weighted by Crippen LogP contribution is 2.39. The molecule has 0 aliphatic carbocycles. The van der Waals surface area contributed by atoms with E-state index in [0.29, 0.717) is 39.5 Å². The van der Waals surface area contributed by atoms with Gasteiger partial charge in [-0.1, -0.05) is 0 Å². The van der Waals surface area contributed by atoms with Gasteiger partial charge in [-0.3, -0.25) is 0 Å². The third kappa shape index (κ3) is 5.77. The topological polar surface area (TPSA) is 104 Å². The van der Waals surface area contributed by atoms with E-state index < -0.39 is 11.4 Å². The van der Waals surface area contributed by atoms with Crippen LogP contribution in [0.4, 0.5) is 20.7 Å². The highest BCUT2D eigenvalue weighted by molar-refractivity contribution is 5.91. The summed E-state index contributed by atoms with van der Waals surface area (Å²) in [7, 11) is 1.93. The van der Waals surface area contributed by atoms with Crippen molar-refractivity contribution in [1.29, 1.82) is 0 Å². The molecule has 4 heterocycles. The number of carbonyl (C=O) groups is 1. The van der Waals surface area contributed by atoms with Gasteiger partial charge in [0.2, 0.25) is 0 Å². The smallest absolute Gasteiger partial charge is 0.410 e. The third-order valence-corrected chi connectivity index (χ3v) is 8.72. The van der Waals surface area contributed by atoms with E-state index >= 15 is 4.39 Å². The lowest BCUT2D eigenvalue weighted by Crippen LogP contribution is -2.50. The summed E-state index contributed by atoms with van der Waals surface area (Å²) >= 11 is 0. The first kappa shape index (κ1) is 29.8. The Morgan fingerprint density at radius 2 is 1.72 bits per heavy atom. The number of nitrogens with zero attached hydrogens (tertiary/aromatic N) is 5. The van der Waals surface area contributed by atoms with Crippen LogP contribution in [-0.2, 0) is 11.8 Å². The Kier molecular flexibility index (Phi) is 7.41. The van der Waals surface area contributed by atoms with E-state index in [9.17, 15) is 4.79 Å². The highest BCUT2D eigenvalue weighted by atomic mass is 19.1. The molecule has 2 unspecified atom stereocenters. The molecule has 2 aliphatic rings. The predicted octanol–water partition coefficient (Wildman–Crippen LogP) is 7.81. The van der Waals surface area contributed by atoms with Crippen molar-refractivity contribution in [2.24, 2.45) is 7.05 Å². The molecule has 1 amide bonds. The second-order valence-corrected chi connectivity index (χ2v) is 13.2. The Morgan fingerprint density at radius 3 is 2.48 bits per heavy atom. The van der Waals surface area contributed by atoms with Gasteiger partial charge in [0.1, 0.15) is 41.1 Å². The monoisotopic (exact) mass is 624 g/mol. The molecule has 11 heteroatoms. The van der Waals surface area contributed by atoms with Crippen molar-refractivity contribution in [1.82, 2.24) is 24.4 Å². The van der Waals surface area contributed by atoms with Gasteiger partial charge in [-0.15, -0.1) is 0 Å². The first-order valence-electron chi connectivity index (χ1n) is 15.6. The van der Waals surface area contributed by atoms with E-state index in [-0.39, 0.29) is 30.0 Å². The van der Waals surface area contributed by atoms with Gasteiger partial charge in [0, 0.05) is 49.0 Å². The molecule has 3 aromatic carbocycles. The molecule has 0 spiro atoms. The van der Waals surface area contributed by atoms with Crippen LogP contribution >= 0.6 is 0 Å². The molecule has 2 atom stereocenters. The number of ether oxygens (including phenoxy) is 3. The molecule has 2 saturated heterocycles. The Balaban J connectivity index is 1.07. The van der Waals surface area contributed by atoms with E-state index in [1.807, 2.05) is 73.7 Å². The lowest BCUT2D eigenvalue weighted by molar-refractivity contribution is -0.00706. The van der Waals surface area contributed by atoms with E-state index in [4.69, 9.17) is 14.2 Å². The number of fused-ring (bicyclic) bond motifs is 4. The van der Waals surface area contributed by atoms with Crippen molar-refractivity contribution in [3.05, 3.63) is 72.6 Å². The molecule has 2 aromatic heterocycles. The summed E-state index contributed by atoms with van der Waals surface area (Å²) in [5, 5.41) is 3.86. The lowest BCUT2D eigenvalue weighted by Gasteiger charge is -2.39. The molecule has 0 saturated carbocycles. The standard InChI is InChI=1S/C35H37FN6O4/c1-20-31(45-24-9-12-30-29(17-24)39-19-41(30)5)13-11-28(32(20)36)40-33-26-16-23(8-10-27(26)37-18-38-33)44-25-14-21-6-7-22(15-25)42(21)34(43)46-35(2,3)4/h8-13,16-19,21-22,25H,6-7,14-15H2,1-5H3,(H,37,38,40). The largest absolute Gasteiger partial charge is 0.490 e. The van der Waals surface area contributed by atoms with E-state index in [1.54, 1.807) is 25.4 Å². The van der Waals surface area contributed by atoms with Crippen LogP contribution in [0.15, 0.2) is 61.2 Å². The minimum absolute atomic E-state index is 0.0410. The fourth-order valence-corrected chi connectivity index (χ4v) is 6.55. The number of halogens is 1. The molecule has 2 fully saturated rings. The molecule has 0 radical (unpaired) electrons. The molecule has 5 aromatic rings. The SMILES string of the molecule is Cc1c(Oc2ccc3c(c2)ncn3C)ccc(Nc2ncnc3ccc(OC4CC5CCC(C4)N5C(=O)OC(C)(C)C)cc23)c1F. The maximum Gasteiger partial charge on any atom is 0.410 e. The van der Waals surface area contributed by atoms with Crippen LogP contribution in [0.2, 0.25) is 0 Å². The number of aromatic nitrogens is 4. The summed E-state index contributed by atoms with van der Waals surface area (Å²) < 4.78 is 35.8. The Morgan fingerprint density at radius 1 is 0.957 bits per heavy atom. The van der Waals surface area contributed by atoms with Crippen LogP contribution in [0, 0.1) is 12.7 Å². The zero-order chi connectivity index (χ0) is 32.2. The van der Waals surface area contributed by atoms with Gasteiger partial charge in [0.15, 0.2) is 5.82 Å². The van der Waals surface area contributed by atoms with Crippen LogP contribution in [0.25, 0.3) is 21.9 Å². The average Bonchev–Trinajstić information content (AvgIpc) is 3.51. The van der Waals surface area contributed by atoms with E-state index in [2.05, 4.69) is 20.3 Å². The van der Waals surface area contributed by atoms with Crippen LogP contribution in [0.3, 0.4) is 0 Å². The minimum atomic E-state index is -0.532. The average molecular weight is 625 g/mol. The Labute approximate surface area is 266 Å². The van der Waals surface area contributed by atoms with Gasteiger partial charge in [0.05, 0.1) is 28.6 Å². The van der Waals surface area contributed by atoms with Crippen LogP contribution < -0.4 is 14.8 Å². The van der Waals surface area contributed by atoms with Gasteiger partial charge in [-0.25, -0.2) is 24.1 Å². The van der Waals surface area contributed by atoms with Crippen molar-refractivity contribution in [2.75, 3.05) is 5.32 Å². The number of piperidine rings is 1. The second-order valence-electron chi connectivity index (χ2n) is 13.2. The number of carbonyl (C=O) groups excluding carboxylic acids is 1. The van der Waals surface area contributed by atoms with Crippen LogP contribution in [0.1, 0.15) is 52.0 Å². The first-order valence-corrected chi connectivity index (χ1v) is 15.6. The fourth-order valence-electron chi connectivity index (χ4n) is 6.55. The van der Waals surface area contributed by atoms with Gasteiger partial charge in [0.25, 0.3) is 0 Å². The first-order chi connectivity index (χ1) is 22.0. The summed E-state index contributed by atoms with van der Waals surface area (Å²) in [4.78, 5) is 28.0. The van der Waals surface area contributed by atoms with Gasteiger partial charge in [-0.05, 0) is 83.0 Å². The normalized spacial score (nSPS) is 19.4. The van der Waals surface area contributed by atoms with E-state index in [1.165, 1.54) is 6.33 Å². The van der Waals surface area contributed by atoms with Crippen LogP contribution in [0.5, 0.6) is 17.2 Å². The molecule has 46 heavy (non-hydrogen) atoms. The zero-order valence-electron chi connectivity index (χ0n) is 26.6. The predicted molar refractivity (Wildman–Crippen MR) is 173 cm³/mol. The summed E-state index contributed by atoms with van der Waals surface area (Å²) in [6.07, 6.45) is 6.26. The maximum absolute atomic E-state index is 15.7. The number of imidazole rings is 1. The molecule has 1 N–H and O–H groups in total. The van der Waals surface area contributed by atoms with Crippen molar-refractivity contribution < 1.29 is 23.4 Å². The van der Waals surface area contributed by atoms with Gasteiger partial charge < -0.3 is 29.0 Å². The van der Waals surface area contributed by atoms with Gasteiger partial charge >= 0.3 is 6.09 Å². The number of rotatable bonds is 6. The summed E-state index contributed by atoms with van der Waals surface area (Å²) in [5.74, 6) is 1.68. The molecule has 2 bridgehead atoms. The number of hydrogen-bond acceptors (Lipinski definition) is 8. The fraction of sp³-hybridized carbons (Fsp3) is 0.371. The lowest BCUT2D eigenvalue weighted by atomic mass is 10.00. The summed E-state index contributed by atoms with van der Waals surface area (Å²) in [6, 6.07) is 14.8. The van der Waals surface area contributed by atoms with Crippen molar-refractivity contribution in [2.45, 2.75) is 77.2 Å². The van der Waals surface area contributed by atoms with Crippen LogP contribution in [-0.4, -0.2) is 54.3 Å². The van der Waals surface area contributed by atoms with Crippen molar-refractivity contribution in [3.63, 3.8) is 0 Å². The Bertz CT molecular complexity index is 1940. The zero-order valence-corrected chi connectivity index (χ0v) is 26.6. The molecular weight excluding hydrogens is 587 g/mol. The summed E-state index contributed by atoms with van der Waals surface area (Å²) in [6.45, 7) is 7.35. The van der Waals surface area contributed by atoms with E-state index in [0.717, 1.165) is 36.7 Å². The molecule has 2 aliphatic heterocycles. The minimum Gasteiger partial charge on any atom is -0.490 e. The number of aryl methyl sites for hydroxylation is 1. The quantitative estimate of drug-likeness (QED) is 0.204. The van der Waals surface area contributed by atoms with Gasteiger partial charge in [-0.2, -0.15) is 0 Å². The highest BCUT2D eigenvalue weighted by Gasteiger charge is 2.45. The van der Waals surface area contributed by atoms with Crippen molar-refractivity contribution >= 4 is 39.5 Å². The molecule has 10 nitrogen and oxygen atoms in total. The second kappa shape index (κ2) is 11.5. The number of benzene rings is 3. The number of anilines is 2.